The lowest BCUT2D eigenvalue weighted by atomic mass is 10.2. The van der Waals surface area contributed by atoms with E-state index in [1.54, 1.807) is 0 Å². The molecule has 2 nitrogen and oxygen atoms in total. The third-order valence-corrected chi connectivity index (χ3v) is 3.79. The summed E-state index contributed by atoms with van der Waals surface area (Å²) >= 11 is 6.75. The van der Waals surface area contributed by atoms with Gasteiger partial charge in [-0.15, -0.1) is 0 Å². The quantitative estimate of drug-likeness (QED) is 0.614. The Morgan fingerprint density at radius 2 is 1.79 bits per heavy atom. The van der Waals surface area contributed by atoms with E-state index >= 15 is 0 Å². The van der Waals surface area contributed by atoms with Crippen molar-refractivity contribution in [3.63, 3.8) is 0 Å². The number of aryl methyl sites for hydroxylation is 1. The van der Waals surface area contributed by atoms with Crippen molar-refractivity contribution in [3.8, 4) is 11.4 Å². The van der Waals surface area contributed by atoms with Crippen molar-refractivity contribution >= 4 is 42.9 Å². The standard InChI is InChI=1S/C14H9Br2FN2/c1-7-2-9(15)6-12-13(7)19-14(18-12)8-3-10(16)5-11(17)4-8/h2-6H,1H3,(H,18,19). The molecule has 0 bridgehead atoms. The van der Waals surface area contributed by atoms with Gasteiger partial charge in [0.15, 0.2) is 0 Å². The van der Waals surface area contributed by atoms with Gasteiger partial charge in [-0.05, 0) is 42.8 Å². The van der Waals surface area contributed by atoms with E-state index in [-0.39, 0.29) is 5.82 Å². The maximum Gasteiger partial charge on any atom is 0.138 e. The van der Waals surface area contributed by atoms with Gasteiger partial charge < -0.3 is 4.98 Å². The number of H-pyrrole nitrogens is 1. The van der Waals surface area contributed by atoms with Crippen LogP contribution in [-0.4, -0.2) is 9.97 Å². The average molecular weight is 384 g/mol. The summed E-state index contributed by atoms with van der Waals surface area (Å²) in [5, 5.41) is 0. The van der Waals surface area contributed by atoms with Crippen LogP contribution in [0.25, 0.3) is 22.4 Å². The first-order valence-corrected chi connectivity index (χ1v) is 7.24. The van der Waals surface area contributed by atoms with E-state index in [1.807, 2.05) is 25.1 Å². The summed E-state index contributed by atoms with van der Waals surface area (Å²) in [4.78, 5) is 7.76. The second-order valence-corrected chi connectivity index (χ2v) is 6.19. The van der Waals surface area contributed by atoms with E-state index in [0.29, 0.717) is 10.3 Å². The van der Waals surface area contributed by atoms with Crippen LogP contribution in [-0.2, 0) is 0 Å². The van der Waals surface area contributed by atoms with Gasteiger partial charge in [0.25, 0.3) is 0 Å². The van der Waals surface area contributed by atoms with Gasteiger partial charge in [0.2, 0.25) is 0 Å². The molecule has 1 N–H and O–H groups in total. The molecule has 0 amide bonds. The number of fused-ring (bicyclic) bond motifs is 1. The summed E-state index contributed by atoms with van der Waals surface area (Å²) in [5.41, 5.74) is 3.63. The van der Waals surface area contributed by atoms with Crippen LogP contribution in [0.15, 0.2) is 39.3 Å². The zero-order valence-corrected chi connectivity index (χ0v) is 13.1. The zero-order valence-electron chi connectivity index (χ0n) is 9.97. The first-order valence-electron chi connectivity index (χ1n) is 5.65. The molecule has 0 aliphatic rings. The summed E-state index contributed by atoms with van der Waals surface area (Å²) in [5.74, 6) is 0.374. The highest BCUT2D eigenvalue weighted by atomic mass is 79.9. The predicted molar refractivity (Wildman–Crippen MR) is 81.6 cm³/mol. The van der Waals surface area contributed by atoms with Gasteiger partial charge in [0.05, 0.1) is 11.0 Å². The molecule has 0 spiro atoms. The maximum absolute atomic E-state index is 13.4. The van der Waals surface area contributed by atoms with Crippen molar-refractivity contribution < 1.29 is 4.39 Å². The number of hydrogen-bond donors (Lipinski definition) is 1. The van der Waals surface area contributed by atoms with E-state index in [4.69, 9.17) is 0 Å². The molecule has 3 aromatic rings. The summed E-state index contributed by atoms with van der Waals surface area (Å²) in [6, 6.07) is 8.70. The van der Waals surface area contributed by atoms with Crippen LogP contribution < -0.4 is 0 Å². The fourth-order valence-corrected chi connectivity index (χ4v) is 3.11. The fourth-order valence-electron chi connectivity index (χ4n) is 2.07. The highest BCUT2D eigenvalue weighted by Crippen LogP contribution is 2.27. The maximum atomic E-state index is 13.4. The molecular formula is C14H9Br2FN2. The Kier molecular flexibility index (Phi) is 3.19. The summed E-state index contributed by atoms with van der Waals surface area (Å²) in [6.07, 6.45) is 0. The van der Waals surface area contributed by atoms with Crippen molar-refractivity contribution in [2.75, 3.05) is 0 Å². The molecule has 3 rings (SSSR count). The largest absolute Gasteiger partial charge is 0.338 e. The molecule has 1 aromatic heterocycles. The summed E-state index contributed by atoms with van der Waals surface area (Å²) in [6.45, 7) is 2.00. The number of benzene rings is 2. The second kappa shape index (κ2) is 4.72. The Balaban J connectivity index is 2.23. The molecular weight excluding hydrogens is 375 g/mol. The summed E-state index contributed by atoms with van der Waals surface area (Å²) < 4.78 is 15.1. The second-order valence-electron chi connectivity index (χ2n) is 4.36. The van der Waals surface area contributed by atoms with E-state index in [9.17, 15) is 4.39 Å². The van der Waals surface area contributed by atoms with Crippen LogP contribution in [0.4, 0.5) is 4.39 Å². The number of rotatable bonds is 1. The van der Waals surface area contributed by atoms with Crippen molar-refractivity contribution in [1.29, 1.82) is 0 Å². The van der Waals surface area contributed by atoms with Crippen molar-refractivity contribution in [1.82, 2.24) is 9.97 Å². The molecule has 0 saturated carbocycles. The van der Waals surface area contributed by atoms with Crippen molar-refractivity contribution in [2.24, 2.45) is 0 Å². The minimum Gasteiger partial charge on any atom is -0.338 e. The predicted octanol–water partition coefficient (Wildman–Crippen LogP) is 5.20. The van der Waals surface area contributed by atoms with E-state index in [1.165, 1.54) is 12.1 Å². The van der Waals surface area contributed by atoms with E-state index in [0.717, 1.165) is 26.6 Å². The number of halogens is 3. The van der Waals surface area contributed by atoms with Crippen molar-refractivity contribution in [2.45, 2.75) is 6.92 Å². The summed E-state index contributed by atoms with van der Waals surface area (Å²) in [7, 11) is 0. The molecule has 0 unspecified atom stereocenters. The molecule has 19 heavy (non-hydrogen) atoms. The highest BCUT2D eigenvalue weighted by molar-refractivity contribution is 9.10. The monoisotopic (exact) mass is 382 g/mol. The highest BCUT2D eigenvalue weighted by Gasteiger charge is 2.09. The number of hydrogen-bond acceptors (Lipinski definition) is 1. The van der Waals surface area contributed by atoms with Gasteiger partial charge in [-0.1, -0.05) is 31.9 Å². The van der Waals surface area contributed by atoms with Gasteiger partial charge in [0.1, 0.15) is 11.6 Å². The smallest absolute Gasteiger partial charge is 0.138 e. The molecule has 1 heterocycles. The Labute approximate surface area is 126 Å². The zero-order chi connectivity index (χ0) is 13.6. The van der Waals surface area contributed by atoms with Crippen LogP contribution in [0.1, 0.15) is 5.56 Å². The van der Waals surface area contributed by atoms with Crippen LogP contribution in [0.2, 0.25) is 0 Å². The molecule has 0 saturated heterocycles. The third-order valence-electron chi connectivity index (χ3n) is 2.88. The fraction of sp³-hybridized carbons (Fsp3) is 0.0714. The first-order chi connectivity index (χ1) is 9.02. The number of nitrogens with zero attached hydrogens (tertiary/aromatic N) is 1. The SMILES string of the molecule is Cc1cc(Br)cc2[nH]c(-c3cc(F)cc(Br)c3)nc12. The van der Waals surface area contributed by atoms with Crippen LogP contribution >= 0.6 is 31.9 Å². The third kappa shape index (κ3) is 2.44. The molecule has 0 radical (unpaired) electrons. The van der Waals surface area contributed by atoms with Gasteiger partial charge in [-0.2, -0.15) is 0 Å². The van der Waals surface area contributed by atoms with Crippen LogP contribution in [0.5, 0.6) is 0 Å². The molecule has 0 aliphatic carbocycles. The Bertz CT molecular complexity index is 760. The van der Waals surface area contributed by atoms with E-state index in [2.05, 4.69) is 41.8 Å². The number of imidazole rings is 1. The number of aromatic nitrogens is 2. The van der Waals surface area contributed by atoms with Gasteiger partial charge in [-0.3, -0.25) is 0 Å². The average Bonchev–Trinajstić information content (AvgIpc) is 2.71. The molecule has 0 atom stereocenters. The topological polar surface area (TPSA) is 28.7 Å². The number of aromatic amines is 1. The number of nitrogens with one attached hydrogen (secondary N) is 1. The minimum absolute atomic E-state index is 0.289. The van der Waals surface area contributed by atoms with Crippen molar-refractivity contribution in [3.05, 3.63) is 50.7 Å². The van der Waals surface area contributed by atoms with Crippen LogP contribution in [0.3, 0.4) is 0 Å². The normalized spacial score (nSPS) is 11.2. The first kappa shape index (κ1) is 12.8. The molecule has 0 aliphatic heterocycles. The van der Waals surface area contributed by atoms with Gasteiger partial charge >= 0.3 is 0 Å². The molecule has 96 valence electrons. The lowest BCUT2D eigenvalue weighted by Gasteiger charge is -1.98. The van der Waals surface area contributed by atoms with Gasteiger partial charge in [0, 0.05) is 14.5 Å². The lowest BCUT2D eigenvalue weighted by Crippen LogP contribution is -1.83. The molecule has 0 fully saturated rings. The molecule has 2 aromatic carbocycles. The minimum atomic E-state index is -0.289. The lowest BCUT2D eigenvalue weighted by molar-refractivity contribution is 0.627. The Morgan fingerprint density at radius 1 is 1.05 bits per heavy atom. The van der Waals surface area contributed by atoms with Gasteiger partial charge in [-0.25, -0.2) is 9.37 Å². The Morgan fingerprint density at radius 3 is 2.53 bits per heavy atom. The molecule has 5 heteroatoms. The van der Waals surface area contributed by atoms with E-state index < -0.39 is 0 Å². The Hall–Kier alpha value is -1.20. The van der Waals surface area contributed by atoms with Crippen LogP contribution in [0, 0.1) is 12.7 Å².